The molecule has 2 aliphatic rings. The van der Waals surface area contributed by atoms with Crippen LogP contribution in [0.3, 0.4) is 0 Å². The second-order valence-corrected chi connectivity index (χ2v) is 8.69. The average molecular weight is 480 g/mol. The van der Waals surface area contributed by atoms with Gasteiger partial charge in [-0.3, -0.25) is 9.69 Å². The number of nitrogens with zero attached hydrogens (tertiary/aromatic N) is 2. The fourth-order valence-corrected chi connectivity index (χ4v) is 4.83. The first-order valence-corrected chi connectivity index (χ1v) is 11.1. The van der Waals surface area contributed by atoms with Crippen LogP contribution in [-0.4, -0.2) is 43.3 Å². The smallest absolute Gasteiger partial charge is 0.454 e. The normalized spacial score (nSPS) is 17.5. The second kappa shape index (κ2) is 8.71. The Morgan fingerprint density at radius 2 is 2.03 bits per heavy atom. The van der Waals surface area contributed by atoms with E-state index >= 15 is 0 Å². The number of hydrogen-bond donors (Lipinski definition) is 0. The maximum absolute atomic E-state index is 13.3. The molecule has 0 spiro atoms. The molecule has 2 aliphatic heterocycles. The van der Waals surface area contributed by atoms with Gasteiger partial charge >= 0.3 is 6.36 Å². The Morgan fingerprint density at radius 1 is 1.18 bits per heavy atom. The Morgan fingerprint density at radius 3 is 2.82 bits per heavy atom. The number of amides is 1. The van der Waals surface area contributed by atoms with Gasteiger partial charge in [0.15, 0.2) is 16.6 Å². The zero-order valence-corrected chi connectivity index (χ0v) is 18.1. The van der Waals surface area contributed by atoms with E-state index in [9.17, 15) is 18.0 Å². The molecular formula is C22H19F3N2O5S. The topological polar surface area (TPSA) is 70.1 Å². The van der Waals surface area contributed by atoms with Crippen molar-refractivity contribution < 1.29 is 36.9 Å². The average Bonchev–Trinajstić information content (AvgIpc) is 3.50. The molecule has 1 aromatic heterocycles. The van der Waals surface area contributed by atoms with Crippen LogP contribution < -0.4 is 19.1 Å². The van der Waals surface area contributed by atoms with E-state index in [1.807, 2.05) is 0 Å². The lowest BCUT2D eigenvalue weighted by Gasteiger charge is -2.23. The van der Waals surface area contributed by atoms with E-state index in [0.717, 1.165) is 29.7 Å². The van der Waals surface area contributed by atoms with Crippen molar-refractivity contribution in [1.29, 1.82) is 0 Å². The second-order valence-electron chi connectivity index (χ2n) is 7.68. The van der Waals surface area contributed by atoms with Crippen LogP contribution in [0.5, 0.6) is 17.2 Å². The van der Waals surface area contributed by atoms with Crippen LogP contribution in [-0.2, 0) is 16.0 Å². The summed E-state index contributed by atoms with van der Waals surface area (Å²) in [5.41, 5.74) is 1.24. The number of anilines is 1. The Balaban J connectivity index is 1.41. The lowest BCUT2D eigenvalue weighted by atomic mass is 10.1. The molecular weight excluding hydrogens is 461 g/mol. The molecule has 1 amide bonds. The summed E-state index contributed by atoms with van der Waals surface area (Å²) in [6.07, 6.45) is -3.08. The van der Waals surface area contributed by atoms with Gasteiger partial charge in [-0.15, -0.1) is 13.2 Å². The van der Waals surface area contributed by atoms with Gasteiger partial charge in [-0.1, -0.05) is 17.4 Å². The van der Waals surface area contributed by atoms with Crippen molar-refractivity contribution >= 4 is 32.6 Å². The molecule has 33 heavy (non-hydrogen) atoms. The number of hydrogen-bond acceptors (Lipinski definition) is 7. The van der Waals surface area contributed by atoms with Crippen LogP contribution in [0.1, 0.15) is 18.4 Å². The highest BCUT2D eigenvalue weighted by Crippen LogP contribution is 2.35. The van der Waals surface area contributed by atoms with Gasteiger partial charge < -0.3 is 18.9 Å². The zero-order chi connectivity index (χ0) is 23.0. The van der Waals surface area contributed by atoms with Gasteiger partial charge in [0.2, 0.25) is 12.7 Å². The molecule has 5 rings (SSSR count). The van der Waals surface area contributed by atoms with E-state index in [2.05, 4.69) is 9.72 Å². The quantitative estimate of drug-likeness (QED) is 0.511. The Bertz CT molecular complexity index is 1180. The number of ether oxygens (including phenoxy) is 4. The van der Waals surface area contributed by atoms with E-state index in [0.29, 0.717) is 40.0 Å². The first kappa shape index (κ1) is 21.8. The number of aromatic nitrogens is 1. The largest absolute Gasteiger partial charge is 0.573 e. The summed E-state index contributed by atoms with van der Waals surface area (Å²) >= 11 is 1.13. The summed E-state index contributed by atoms with van der Waals surface area (Å²) in [5.74, 6) is 0.686. The molecule has 174 valence electrons. The Hall–Kier alpha value is -3.05. The van der Waals surface area contributed by atoms with Gasteiger partial charge in [-0.2, -0.15) is 0 Å². The van der Waals surface area contributed by atoms with Gasteiger partial charge in [-0.25, -0.2) is 4.98 Å². The first-order valence-electron chi connectivity index (χ1n) is 10.3. The summed E-state index contributed by atoms with van der Waals surface area (Å²) in [6, 6.07) is 9.26. The molecule has 0 saturated carbocycles. The number of carbonyl (C=O) groups is 1. The zero-order valence-electron chi connectivity index (χ0n) is 17.3. The van der Waals surface area contributed by atoms with Gasteiger partial charge in [0.05, 0.1) is 29.3 Å². The van der Waals surface area contributed by atoms with E-state index in [-0.39, 0.29) is 31.0 Å². The number of halogens is 3. The van der Waals surface area contributed by atoms with E-state index in [1.165, 1.54) is 18.2 Å². The van der Waals surface area contributed by atoms with Crippen molar-refractivity contribution in [2.45, 2.75) is 31.7 Å². The number of benzene rings is 2. The molecule has 0 aliphatic carbocycles. The highest BCUT2D eigenvalue weighted by atomic mass is 32.1. The van der Waals surface area contributed by atoms with Crippen LogP contribution >= 0.6 is 11.3 Å². The van der Waals surface area contributed by atoms with Crippen molar-refractivity contribution in [2.24, 2.45) is 0 Å². The maximum atomic E-state index is 13.3. The lowest BCUT2D eigenvalue weighted by molar-refractivity contribution is -0.274. The number of thiazole rings is 1. The third kappa shape index (κ3) is 4.98. The minimum Gasteiger partial charge on any atom is -0.454 e. The van der Waals surface area contributed by atoms with E-state index < -0.39 is 6.36 Å². The molecule has 1 unspecified atom stereocenters. The van der Waals surface area contributed by atoms with Crippen molar-refractivity contribution in [3.05, 3.63) is 42.0 Å². The molecule has 0 N–H and O–H groups in total. The van der Waals surface area contributed by atoms with Gasteiger partial charge in [0.1, 0.15) is 5.75 Å². The highest BCUT2D eigenvalue weighted by Gasteiger charge is 2.31. The van der Waals surface area contributed by atoms with Gasteiger partial charge in [-0.05, 0) is 42.7 Å². The molecule has 11 heteroatoms. The van der Waals surface area contributed by atoms with Crippen LogP contribution in [0.25, 0.3) is 10.2 Å². The molecule has 3 aromatic rings. The van der Waals surface area contributed by atoms with Crippen LogP contribution in [0.4, 0.5) is 18.3 Å². The van der Waals surface area contributed by atoms with E-state index in [4.69, 9.17) is 14.2 Å². The maximum Gasteiger partial charge on any atom is 0.573 e. The number of carbonyl (C=O) groups excluding carboxylic acids is 1. The molecule has 3 heterocycles. The first-order chi connectivity index (χ1) is 15.8. The third-order valence-electron chi connectivity index (χ3n) is 5.32. The summed E-state index contributed by atoms with van der Waals surface area (Å²) in [5, 5.41) is 0.399. The molecule has 1 atom stereocenters. The number of alkyl halides is 3. The number of rotatable bonds is 6. The van der Waals surface area contributed by atoms with Crippen LogP contribution in [0.2, 0.25) is 0 Å². The van der Waals surface area contributed by atoms with Crippen molar-refractivity contribution in [3.8, 4) is 17.2 Å². The minimum atomic E-state index is -4.78. The SMILES string of the molecule is O=C(Cc1ccc2c(c1)OCO2)N(CC1CCCO1)c1nc2ccc(OC(F)(F)F)cc2s1. The van der Waals surface area contributed by atoms with Gasteiger partial charge in [0.25, 0.3) is 0 Å². The van der Waals surface area contributed by atoms with E-state index in [1.54, 1.807) is 23.1 Å². The Kier molecular flexibility index (Phi) is 5.75. The molecule has 2 aromatic carbocycles. The summed E-state index contributed by atoms with van der Waals surface area (Å²) in [6.45, 7) is 1.09. The minimum absolute atomic E-state index is 0.0989. The molecule has 1 saturated heterocycles. The van der Waals surface area contributed by atoms with Crippen LogP contribution in [0.15, 0.2) is 36.4 Å². The van der Waals surface area contributed by atoms with Crippen molar-refractivity contribution in [3.63, 3.8) is 0 Å². The van der Waals surface area contributed by atoms with Crippen LogP contribution in [0, 0.1) is 0 Å². The number of fused-ring (bicyclic) bond motifs is 2. The standard InChI is InChI=1S/C22H19F3N2O5S/c23-22(24,25)32-14-4-5-16-19(10-14)33-21(26-16)27(11-15-2-1-7-29-15)20(28)9-13-3-6-17-18(8-13)31-12-30-17/h3-6,8,10,15H,1-2,7,9,11-12H2. The van der Waals surface area contributed by atoms with Gasteiger partial charge in [0, 0.05) is 12.7 Å². The predicted octanol–water partition coefficient (Wildman–Crippen LogP) is 4.68. The highest BCUT2D eigenvalue weighted by molar-refractivity contribution is 7.22. The van der Waals surface area contributed by atoms with Crippen molar-refractivity contribution in [1.82, 2.24) is 4.98 Å². The van der Waals surface area contributed by atoms with Crippen molar-refractivity contribution in [2.75, 3.05) is 24.8 Å². The monoisotopic (exact) mass is 480 g/mol. The summed E-state index contributed by atoms with van der Waals surface area (Å²) in [4.78, 5) is 19.4. The molecule has 7 nitrogen and oxygen atoms in total. The summed E-state index contributed by atoms with van der Waals surface area (Å²) < 4.78 is 58.7. The fourth-order valence-electron chi connectivity index (χ4n) is 3.80. The predicted molar refractivity (Wildman–Crippen MR) is 114 cm³/mol. The summed E-state index contributed by atoms with van der Waals surface area (Å²) in [7, 11) is 0. The third-order valence-corrected chi connectivity index (χ3v) is 6.36. The lowest BCUT2D eigenvalue weighted by Crippen LogP contribution is -2.38. The Labute approximate surface area is 190 Å². The molecule has 1 fully saturated rings. The molecule has 0 bridgehead atoms. The molecule has 0 radical (unpaired) electrons. The fraction of sp³-hybridized carbons (Fsp3) is 0.364.